The molecule has 0 saturated heterocycles. The maximum atomic E-state index is 10.4. The maximum absolute atomic E-state index is 10.4. The molecule has 0 saturated carbocycles. The van der Waals surface area contributed by atoms with E-state index >= 15 is 0 Å². The number of carbonyl (C=O) groups is 2. The van der Waals surface area contributed by atoms with E-state index < -0.39 is 11.9 Å². The van der Waals surface area contributed by atoms with Crippen molar-refractivity contribution >= 4 is 11.9 Å². The van der Waals surface area contributed by atoms with Gasteiger partial charge in [-0.25, -0.2) is 0 Å². The molecule has 4 nitrogen and oxygen atoms in total. The van der Waals surface area contributed by atoms with E-state index in [1.807, 2.05) is 0 Å². The zero-order chi connectivity index (χ0) is 13.8. The minimum atomic E-state index is -0.712. The Hall–Kier alpha value is -1.06. The second kappa shape index (κ2) is 11.1. The topological polar surface area (TPSA) is 74.6 Å². The molecule has 0 aliphatic heterocycles. The fourth-order valence-corrected chi connectivity index (χ4v) is 2.15. The van der Waals surface area contributed by atoms with E-state index in [0.717, 1.165) is 51.4 Å². The highest BCUT2D eigenvalue weighted by atomic mass is 16.4. The van der Waals surface area contributed by atoms with Crippen molar-refractivity contribution < 1.29 is 19.8 Å². The molecule has 0 rings (SSSR count). The van der Waals surface area contributed by atoms with Gasteiger partial charge in [-0.2, -0.15) is 0 Å². The molecule has 0 bridgehead atoms. The van der Waals surface area contributed by atoms with Crippen molar-refractivity contribution in [2.45, 2.75) is 71.1 Å². The zero-order valence-corrected chi connectivity index (χ0v) is 11.4. The van der Waals surface area contributed by atoms with E-state index in [9.17, 15) is 9.59 Å². The first-order valence-corrected chi connectivity index (χ1v) is 6.99. The van der Waals surface area contributed by atoms with Crippen LogP contribution in [0.4, 0.5) is 0 Å². The summed E-state index contributed by atoms with van der Waals surface area (Å²) >= 11 is 0. The number of rotatable bonds is 12. The van der Waals surface area contributed by atoms with Crippen molar-refractivity contribution in [3.8, 4) is 0 Å². The highest BCUT2D eigenvalue weighted by molar-refractivity contribution is 5.66. The van der Waals surface area contributed by atoms with E-state index in [-0.39, 0.29) is 12.8 Å². The van der Waals surface area contributed by atoms with Crippen LogP contribution in [0.3, 0.4) is 0 Å². The van der Waals surface area contributed by atoms with Gasteiger partial charge >= 0.3 is 11.9 Å². The fourth-order valence-electron chi connectivity index (χ4n) is 2.15. The smallest absolute Gasteiger partial charge is 0.303 e. The summed E-state index contributed by atoms with van der Waals surface area (Å²) in [5, 5.41) is 17.0. The monoisotopic (exact) mass is 258 g/mol. The van der Waals surface area contributed by atoms with Gasteiger partial charge < -0.3 is 10.2 Å². The standard InChI is InChI=1S/C14H26O4/c1-2-12(9-6-7-11-14(17)18)8-4-3-5-10-13(15)16/h12H,2-11H2,1H3,(H,15,16)(H,17,18). The molecule has 1 atom stereocenters. The highest BCUT2D eigenvalue weighted by Crippen LogP contribution is 2.20. The van der Waals surface area contributed by atoms with E-state index in [4.69, 9.17) is 10.2 Å². The minimum Gasteiger partial charge on any atom is -0.481 e. The van der Waals surface area contributed by atoms with Gasteiger partial charge in [-0.05, 0) is 18.8 Å². The molecule has 0 aliphatic rings. The lowest BCUT2D eigenvalue weighted by atomic mass is 9.92. The molecular weight excluding hydrogens is 232 g/mol. The summed E-state index contributed by atoms with van der Waals surface area (Å²) in [5.74, 6) is -0.754. The maximum Gasteiger partial charge on any atom is 0.303 e. The van der Waals surface area contributed by atoms with E-state index in [1.54, 1.807) is 0 Å². The average molecular weight is 258 g/mol. The molecule has 0 heterocycles. The Bertz CT molecular complexity index is 238. The van der Waals surface area contributed by atoms with Gasteiger partial charge in [-0.15, -0.1) is 0 Å². The third kappa shape index (κ3) is 11.4. The van der Waals surface area contributed by atoms with Crippen LogP contribution in [0.2, 0.25) is 0 Å². The molecule has 0 aromatic rings. The molecule has 0 aromatic carbocycles. The third-order valence-electron chi connectivity index (χ3n) is 3.33. The minimum absolute atomic E-state index is 0.273. The number of unbranched alkanes of at least 4 members (excludes halogenated alkanes) is 3. The largest absolute Gasteiger partial charge is 0.481 e. The summed E-state index contributed by atoms with van der Waals surface area (Å²) in [6.45, 7) is 2.17. The number of carboxylic acid groups (broad SMARTS) is 2. The number of hydrogen-bond donors (Lipinski definition) is 2. The summed E-state index contributed by atoms with van der Waals surface area (Å²) in [6.07, 6.45) is 8.51. The highest BCUT2D eigenvalue weighted by Gasteiger charge is 2.07. The van der Waals surface area contributed by atoms with Crippen molar-refractivity contribution in [1.82, 2.24) is 0 Å². The predicted octanol–water partition coefficient (Wildman–Crippen LogP) is 3.69. The predicted molar refractivity (Wildman–Crippen MR) is 70.6 cm³/mol. The van der Waals surface area contributed by atoms with Crippen LogP contribution in [0.1, 0.15) is 71.1 Å². The molecule has 0 aromatic heterocycles. The molecule has 0 spiro atoms. The second-order valence-corrected chi connectivity index (χ2v) is 4.91. The van der Waals surface area contributed by atoms with Crippen molar-refractivity contribution in [3.05, 3.63) is 0 Å². The first kappa shape index (κ1) is 16.9. The van der Waals surface area contributed by atoms with Crippen LogP contribution in [0.25, 0.3) is 0 Å². The Kier molecular flexibility index (Phi) is 10.4. The van der Waals surface area contributed by atoms with Crippen LogP contribution in [0.15, 0.2) is 0 Å². The molecule has 0 fully saturated rings. The normalized spacial score (nSPS) is 12.3. The van der Waals surface area contributed by atoms with Gasteiger partial charge in [0.05, 0.1) is 0 Å². The van der Waals surface area contributed by atoms with Crippen LogP contribution in [0.5, 0.6) is 0 Å². The van der Waals surface area contributed by atoms with Gasteiger partial charge in [0.1, 0.15) is 0 Å². The lowest BCUT2D eigenvalue weighted by Gasteiger charge is -2.14. The Labute approximate surface area is 109 Å². The molecule has 0 amide bonds. The van der Waals surface area contributed by atoms with Gasteiger partial charge in [0.25, 0.3) is 0 Å². The Morgan fingerprint density at radius 3 is 1.72 bits per heavy atom. The van der Waals surface area contributed by atoms with E-state index in [1.165, 1.54) is 0 Å². The van der Waals surface area contributed by atoms with Gasteiger partial charge in [-0.1, -0.05) is 45.4 Å². The molecule has 4 heteroatoms. The molecule has 18 heavy (non-hydrogen) atoms. The Morgan fingerprint density at radius 1 is 0.833 bits per heavy atom. The summed E-state index contributed by atoms with van der Waals surface area (Å²) in [5.41, 5.74) is 0. The zero-order valence-electron chi connectivity index (χ0n) is 11.4. The van der Waals surface area contributed by atoms with Crippen LogP contribution >= 0.6 is 0 Å². The van der Waals surface area contributed by atoms with E-state index in [2.05, 4.69) is 6.92 Å². The van der Waals surface area contributed by atoms with Gasteiger partial charge in [0, 0.05) is 12.8 Å². The van der Waals surface area contributed by atoms with Crippen LogP contribution in [-0.4, -0.2) is 22.2 Å². The third-order valence-corrected chi connectivity index (χ3v) is 3.33. The van der Waals surface area contributed by atoms with Crippen molar-refractivity contribution in [3.63, 3.8) is 0 Å². The first-order valence-electron chi connectivity index (χ1n) is 6.99. The first-order chi connectivity index (χ1) is 8.56. The molecule has 0 radical (unpaired) electrons. The van der Waals surface area contributed by atoms with Gasteiger partial charge in [0.2, 0.25) is 0 Å². The fraction of sp³-hybridized carbons (Fsp3) is 0.857. The lowest BCUT2D eigenvalue weighted by Crippen LogP contribution is -2.01. The van der Waals surface area contributed by atoms with Gasteiger partial charge in [0.15, 0.2) is 0 Å². The Balaban J connectivity index is 3.46. The van der Waals surface area contributed by atoms with Crippen LogP contribution < -0.4 is 0 Å². The van der Waals surface area contributed by atoms with Crippen LogP contribution in [0, 0.1) is 5.92 Å². The summed E-state index contributed by atoms with van der Waals surface area (Å²) in [6, 6.07) is 0. The molecule has 1 unspecified atom stereocenters. The average Bonchev–Trinajstić information content (AvgIpc) is 2.30. The summed E-state index contributed by atoms with van der Waals surface area (Å²) in [4.78, 5) is 20.7. The van der Waals surface area contributed by atoms with Gasteiger partial charge in [-0.3, -0.25) is 9.59 Å². The Morgan fingerprint density at radius 2 is 1.28 bits per heavy atom. The second-order valence-electron chi connectivity index (χ2n) is 4.91. The summed E-state index contributed by atoms with van der Waals surface area (Å²) in [7, 11) is 0. The van der Waals surface area contributed by atoms with Crippen molar-refractivity contribution in [1.29, 1.82) is 0 Å². The molecule has 106 valence electrons. The SMILES string of the molecule is CCC(CCCCCC(=O)O)CCCCC(=O)O. The summed E-state index contributed by atoms with van der Waals surface area (Å²) < 4.78 is 0. The number of aliphatic carboxylic acids is 2. The van der Waals surface area contributed by atoms with Crippen LogP contribution in [-0.2, 0) is 9.59 Å². The number of carboxylic acids is 2. The molecule has 0 aliphatic carbocycles. The van der Waals surface area contributed by atoms with Crippen molar-refractivity contribution in [2.24, 2.45) is 5.92 Å². The lowest BCUT2D eigenvalue weighted by molar-refractivity contribution is -0.138. The molecule has 2 N–H and O–H groups in total. The van der Waals surface area contributed by atoms with Crippen molar-refractivity contribution in [2.75, 3.05) is 0 Å². The quantitative estimate of drug-likeness (QED) is 0.523. The number of hydrogen-bond acceptors (Lipinski definition) is 2. The molecular formula is C14H26O4. The van der Waals surface area contributed by atoms with E-state index in [0.29, 0.717) is 5.92 Å².